The van der Waals surface area contributed by atoms with Gasteiger partial charge in [-0.05, 0) is 51.4 Å². The van der Waals surface area contributed by atoms with Gasteiger partial charge >= 0.3 is 0 Å². The molecule has 6 heteroatoms. The molecular formula is C16H29IN4O. The van der Waals surface area contributed by atoms with Gasteiger partial charge in [0.25, 0.3) is 0 Å². The highest BCUT2D eigenvalue weighted by molar-refractivity contribution is 14.0. The highest BCUT2D eigenvalue weighted by Gasteiger charge is 2.25. The molecule has 0 bridgehead atoms. The monoisotopic (exact) mass is 420 g/mol. The van der Waals surface area contributed by atoms with E-state index in [1.54, 1.807) is 0 Å². The van der Waals surface area contributed by atoms with E-state index in [2.05, 4.69) is 28.2 Å². The summed E-state index contributed by atoms with van der Waals surface area (Å²) in [7, 11) is 0. The van der Waals surface area contributed by atoms with Gasteiger partial charge in [-0.2, -0.15) is 0 Å². The second-order valence-corrected chi connectivity index (χ2v) is 5.71. The topological polar surface area (TPSA) is 66.8 Å². The molecule has 2 rings (SSSR count). The molecule has 0 spiro atoms. The van der Waals surface area contributed by atoms with Crippen LogP contribution in [0.4, 0.5) is 0 Å². The van der Waals surface area contributed by atoms with E-state index in [0.29, 0.717) is 12.5 Å². The summed E-state index contributed by atoms with van der Waals surface area (Å²) in [5, 5.41) is 3.16. The number of unbranched alkanes of at least 4 members (excludes halogenated alkanes) is 1. The number of nitrogens with zero attached hydrogens (tertiary/aromatic N) is 2. The standard InChI is InChI=1S/C16H28N4O.HI/c1-3-4-9-18-16(17)19-12-14(20-10-5-6-11-20)15-8-7-13(2)21-15;/h7-8,14H,3-6,9-12H2,1-2H3,(H3,17,18,19);1H. The van der Waals surface area contributed by atoms with Crippen molar-refractivity contribution < 1.29 is 4.42 Å². The third-order valence-electron chi connectivity index (χ3n) is 3.94. The number of guanidine groups is 1. The molecule has 5 nitrogen and oxygen atoms in total. The Morgan fingerprint density at radius 1 is 1.41 bits per heavy atom. The molecule has 1 saturated heterocycles. The van der Waals surface area contributed by atoms with Crippen LogP contribution in [-0.4, -0.2) is 37.0 Å². The van der Waals surface area contributed by atoms with Crippen LogP contribution in [0.3, 0.4) is 0 Å². The van der Waals surface area contributed by atoms with Crippen LogP contribution in [0.15, 0.2) is 21.5 Å². The van der Waals surface area contributed by atoms with Crippen molar-refractivity contribution in [2.75, 3.05) is 26.2 Å². The van der Waals surface area contributed by atoms with Gasteiger partial charge in [-0.1, -0.05) is 13.3 Å². The molecule has 0 aliphatic carbocycles. The summed E-state index contributed by atoms with van der Waals surface area (Å²) in [6.07, 6.45) is 4.78. The van der Waals surface area contributed by atoms with E-state index in [1.165, 1.54) is 12.8 Å². The first kappa shape index (κ1) is 19.3. The van der Waals surface area contributed by atoms with Crippen molar-refractivity contribution >= 4 is 29.9 Å². The fourth-order valence-corrected chi connectivity index (χ4v) is 2.71. The van der Waals surface area contributed by atoms with Crippen LogP contribution in [0.5, 0.6) is 0 Å². The number of aliphatic imine (C=N–C) groups is 1. The van der Waals surface area contributed by atoms with E-state index >= 15 is 0 Å². The predicted molar refractivity (Wildman–Crippen MR) is 102 cm³/mol. The van der Waals surface area contributed by atoms with Crippen molar-refractivity contribution in [1.82, 2.24) is 10.2 Å². The van der Waals surface area contributed by atoms with Gasteiger partial charge in [-0.3, -0.25) is 9.89 Å². The fourth-order valence-electron chi connectivity index (χ4n) is 2.71. The third kappa shape index (κ3) is 5.79. The number of rotatable bonds is 7. The molecule has 1 fully saturated rings. The van der Waals surface area contributed by atoms with Crippen LogP contribution in [0.25, 0.3) is 0 Å². The molecular weight excluding hydrogens is 391 g/mol. The van der Waals surface area contributed by atoms with Gasteiger partial charge in [0.1, 0.15) is 11.5 Å². The van der Waals surface area contributed by atoms with Crippen molar-refractivity contribution in [2.45, 2.75) is 45.6 Å². The van der Waals surface area contributed by atoms with Crippen molar-refractivity contribution in [1.29, 1.82) is 0 Å². The van der Waals surface area contributed by atoms with Gasteiger partial charge in [-0.15, -0.1) is 24.0 Å². The van der Waals surface area contributed by atoms with E-state index in [0.717, 1.165) is 44.0 Å². The molecule has 126 valence electrons. The molecule has 1 aromatic heterocycles. The second-order valence-electron chi connectivity index (χ2n) is 5.71. The van der Waals surface area contributed by atoms with Crippen LogP contribution in [0, 0.1) is 6.92 Å². The number of hydrogen-bond acceptors (Lipinski definition) is 3. The lowest BCUT2D eigenvalue weighted by Crippen LogP contribution is -2.34. The van der Waals surface area contributed by atoms with E-state index in [9.17, 15) is 0 Å². The van der Waals surface area contributed by atoms with E-state index in [4.69, 9.17) is 10.2 Å². The minimum absolute atomic E-state index is 0. The van der Waals surface area contributed by atoms with E-state index in [-0.39, 0.29) is 30.0 Å². The fraction of sp³-hybridized carbons (Fsp3) is 0.688. The highest BCUT2D eigenvalue weighted by Crippen LogP contribution is 2.26. The molecule has 0 saturated carbocycles. The molecule has 2 heterocycles. The Hall–Kier alpha value is -0.760. The van der Waals surface area contributed by atoms with Crippen LogP contribution in [0.2, 0.25) is 0 Å². The number of hydrogen-bond donors (Lipinski definition) is 2. The Balaban J connectivity index is 0.00000242. The first-order chi connectivity index (χ1) is 10.2. The summed E-state index contributed by atoms with van der Waals surface area (Å²) in [4.78, 5) is 6.95. The summed E-state index contributed by atoms with van der Waals surface area (Å²) in [5.74, 6) is 2.49. The van der Waals surface area contributed by atoms with E-state index in [1.807, 2.05) is 13.0 Å². The van der Waals surface area contributed by atoms with Crippen LogP contribution < -0.4 is 11.1 Å². The largest absolute Gasteiger partial charge is 0.465 e. The zero-order valence-electron chi connectivity index (χ0n) is 13.7. The first-order valence-electron chi connectivity index (χ1n) is 8.05. The van der Waals surface area contributed by atoms with Gasteiger partial charge in [0.15, 0.2) is 5.96 Å². The minimum atomic E-state index is 0. The molecule has 0 amide bonds. The number of likely N-dealkylation sites (tertiary alicyclic amines) is 1. The van der Waals surface area contributed by atoms with Crippen LogP contribution >= 0.6 is 24.0 Å². The molecule has 1 aliphatic rings. The lowest BCUT2D eigenvalue weighted by molar-refractivity contribution is 0.219. The SMILES string of the molecule is CCCCNC(N)=NCC(c1ccc(C)o1)N1CCCC1.I. The normalized spacial score (nSPS) is 17.3. The van der Waals surface area contributed by atoms with E-state index < -0.39 is 0 Å². The summed E-state index contributed by atoms with van der Waals surface area (Å²) in [5.41, 5.74) is 5.93. The zero-order chi connectivity index (χ0) is 15.1. The average Bonchev–Trinajstić information content (AvgIpc) is 3.12. The van der Waals surface area contributed by atoms with Crippen LogP contribution in [-0.2, 0) is 0 Å². The smallest absolute Gasteiger partial charge is 0.188 e. The Morgan fingerprint density at radius 3 is 2.73 bits per heavy atom. The number of halogens is 1. The number of furan rings is 1. The Labute approximate surface area is 150 Å². The maximum Gasteiger partial charge on any atom is 0.188 e. The minimum Gasteiger partial charge on any atom is -0.465 e. The Morgan fingerprint density at radius 2 is 2.14 bits per heavy atom. The zero-order valence-corrected chi connectivity index (χ0v) is 16.0. The van der Waals surface area contributed by atoms with Gasteiger partial charge in [-0.25, -0.2) is 0 Å². The number of aryl methyl sites for hydroxylation is 1. The lowest BCUT2D eigenvalue weighted by Gasteiger charge is -2.24. The van der Waals surface area contributed by atoms with Crippen molar-refractivity contribution in [3.63, 3.8) is 0 Å². The number of nitrogens with one attached hydrogen (secondary N) is 1. The highest BCUT2D eigenvalue weighted by atomic mass is 127. The molecule has 1 aromatic rings. The molecule has 22 heavy (non-hydrogen) atoms. The maximum atomic E-state index is 5.93. The van der Waals surface area contributed by atoms with Crippen LogP contribution in [0.1, 0.15) is 50.2 Å². The summed E-state index contributed by atoms with van der Waals surface area (Å²) < 4.78 is 5.82. The van der Waals surface area contributed by atoms with Crippen molar-refractivity contribution in [3.05, 3.63) is 23.7 Å². The quantitative estimate of drug-likeness (QED) is 0.308. The molecule has 1 unspecified atom stereocenters. The molecule has 1 atom stereocenters. The van der Waals surface area contributed by atoms with Gasteiger partial charge in [0.05, 0.1) is 12.6 Å². The second kappa shape index (κ2) is 10.1. The lowest BCUT2D eigenvalue weighted by atomic mass is 10.2. The molecule has 1 aliphatic heterocycles. The summed E-state index contributed by atoms with van der Waals surface area (Å²) in [6, 6.07) is 4.28. The third-order valence-corrected chi connectivity index (χ3v) is 3.94. The molecule has 0 radical (unpaired) electrons. The summed E-state index contributed by atoms with van der Waals surface area (Å²) in [6.45, 7) is 7.91. The van der Waals surface area contributed by atoms with Gasteiger partial charge < -0.3 is 15.5 Å². The van der Waals surface area contributed by atoms with Gasteiger partial charge in [0, 0.05) is 6.54 Å². The number of nitrogens with two attached hydrogens (primary N) is 1. The average molecular weight is 420 g/mol. The Kier molecular flexibility index (Phi) is 8.85. The van der Waals surface area contributed by atoms with Gasteiger partial charge in [0.2, 0.25) is 0 Å². The summed E-state index contributed by atoms with van der Waals surface area (Å²) >= 11 is 0. The molecule has 0 aromatic carbocycles. The van der Waals surface area contributed by atoms with Crippen molar-refractivity contribution in [2.24, 2.45) is 10.7 Å². The first-order valence-corrected chi connectivity index (χ1v) is 8.05. The Bertz CT molecular complexity index is 455. The predicted octanol–water partition coefficient (Wildman–Crippen LogP) is 3.05. The molecule has 3 N–H and O–H groups in total. The van der Waals surface area contributed by atoms with Crippen molar-refractivity contribution in [3.8, 4) is 0 Å². The maximum absolute atomic E-state index is 5.93.